The molecule has 0 aliphatic carbocycles. The second-order valence-corrected chi connectivity index (χ2v) is 5.18. The van der Waals surface area contributed by atoms with E-state index in [1.54, 1.807) is 0 Å². The van der Waals surface area contributed by atoms with E-state index in [1.165, 1.54) is 0 Å². The zero-order valence-corrected chi connectivity index (χ0v) is 10.3. The molecule has 0 saturated carbocycles. The highest BCUT2D eigenvalue weighted by molar-refractivity contribution is 7.53. The Morgan fingerprint density at radius 3 is 1.95 bits per heavy atom. The molecule has 5 nitrogen and oxygen atoms in total. The van der Waals surface area contributed by atoms with E-state index in [4.69, 9.17) is 0 Å². The Morgan fingerprint density at radius 1 is 1.05 bits per heavy atom. The minimum absolute atomic E-state index is 0.858. The lowest BCUT2D eigenvalue weighted by Crippen LogP contribution is -2.23. The Kier molecular flexibility index (Phi) is 6.30. The fourth-order valence-corrected chi connectivity index (χ4v) is 2.07. The number of carbonyl (C=O) groups is 1. The maximum atomic E-state index is 12.0. The Labute approximate surface area is 103 Å². The van der Waals surface area contributed by atoms with Gasteiger partial charge >= 0.3 is 25.9 Å². The molecule has 0 aliphatic rings. The zero-order chi connectivity index (χ0) is 15.3. The van der Waals surface area contributed by atoms with Gasteiger partial charge in [0.1, 0.15) is 6.16 Å². The van der Waals surface area contributed by atoms with Gasteiger partial charge in [0.15, 0.2) is 13.2 Å². The fraction of sp³-hybridized carbons (Fsp3) is 0.857. The van der Waals surface area contributed by atoms with E-state index in [0.717, 1.165) is 7.11 Å². The summed E-state index contributed by atoms with van der Waals surface area (Å²) < 4.78 is 94.6. The smallest absolute Gasteiger partial charge is 0.412 e. The molecule has 19 heavy (non-hydrogen) atoms. The SMILES string of the molecule is COC(=O)COP(=O)(CC(F)(F)F)OCC(F)(F)F. The minimum atomic E-state index is -5.15. The first-order valence-electron chi connectivity index (χ1n) is 4.45. The Hall–Kier alpha value is -0.800. The van der Waals surface area contributed by atoms with E-state index in [9.17, 15) is 35.7 Å². The summed E-state index contributed by atoms with van der Waals surface area (Å²) in [6.07, 6.45) is -12.3. The number of ether oxygens (including phenoxy) is 1. The van der Waals surface area contributed by atoms with Crippen molar-refractivity contribution in [3.8, 4) is 0 Å². The van der Waals surface area contributed by atoms with Crippen LogP contribution < -0.4 is 0 Å². The molecule has 12 heteroatoms. The Balaban J connectivity index is 4.72. The predicted molar refractivity (Wildman–Crippen MR) is 48.5 cm³/mol. The van der Waals surface area contributed by atoms with Crippen LogP contribution in [0.1, 0.15) is 0 Å². The number of esters is 1. The number of methoxy groups -OCH3 is 1. The van der Waals surface area contributed by atoms with E-state index in [-0.39, 0.29) is 0 Å². The summed E-state index contributed by atoms with van der Waals surface area (Å²) in [5.41, 5.74) is 0. The van der Waals surface area contributed by atoms with Crippen LogP contribution in [0.25, 0.3) is 0 Å². The highest BCUT2D eigenvalue weighted by Gasteiger charge is 2.44. The number of carbonyl (C=O) groups excluding carboxylic acids is 1. The van der Waals surface area contributed by atoms with Gasteiger partial charge in [-0.25, -0.2) is 4.79 Å². The summed E-state index contributed by atoms with van der Waals surface area (Å²) in [6.45, 7) is -3.41. The molecule has 114 valence electrons. The first-order chi connectivity index (χ1) is 8.37. The lowest BCUT2D eigenvalue weighted by molar-refractivity contribution is -0.158. The molecule has 1 unspecified atom stereocenters. The van der Waals surface area contributed by atoms with Gasteiger partial charge in [0.2, 0.25) is 0 Å². The van der Waals surface area contributed by atoms with Gasteiger partial charge in [-0.3, -0.25) is 13.6 Å². The molecule has 0 aromatic heterocycles. The summed E-state index contributed by atoms with van der Waals surface area (Å²) in [5.74, 6) is -1.21. The molecule has 0 saturated heterocycles. The van der Waals surface area contributed by atoms with Crippen molar-refractivity contribution < 1.29 is 49.5 Å². The predicted octanol–water partition coefficient (Wildman–Crippen LogP) is 2.51. The second-order valence-electron chi connectivity index (χ2n) is 3.12. The summed E-state index contributed by atoms with van der Waals surface area (Å²) in [4.78, 5) is 10.6. The lowest BCUT2D eigenvalue weighted by Gasteiger charge is -2.20. The van der Waals surface area contributed by atoms with Crippen LogP contribution in [0, 0.1) is 0 Å². The Morgan fingerprint density at radius 2 is 1.58 bits per heavy atom. The number of hydrogen-bond acceptors (Lipinski definition) is 5. The van der Waals surface area contributed by atoms with Crippen molar-refractivity contribution in [3.05, 3.63) is 0 Å². The molecular weight excluding hydrogens is 309 g/mol. The fourth-order valence-electron chi connectivity index (χ4n) is 0.730. The number of rotatable bonds is 6. The average molecular weight is 318 g/mol. The molecule has 0 spiro atoms. The van der Waals surface area contributed by atoms with E-state index < -0.39 is 45.3 Å². The van der Waals surface area contributed by atoms with Gasteiger partial charge in [-0.05, 0) is 0 Å². The first kappa shape index (κ1) is 18.2. The maximum absolute atomic E-state index is 12.0. The topological polar surface area (TPSA) is 61.8 Å². The van der Waals surface area contributed by atoms with Crippen LogP contribution in [0.2, 0.25) is 0 Å². The average Bonchev–Trinajstić information content (AvgIpc) is 2.20. The molecule has 0 rings (SSSR count). The molecule has 0 fully saturated rings. The highest BCUT2D eigenvalue weighted by atomic mass is 31.2. The Bertz CT molecular complexity index is 351. The van der Waals surface area contributed by atoms with Crippen molar-refractivity contribution >= 4 is 13.6 Å². The van der Waals surface area contributed by atoms with Crippen molar-refractivity contribution in [2.45, 2.75) is 12.4 Å². The van der Waals surface area contributed by atoms with Crippen LogP contribution in [0.15, 0.2) is 0 Å². The number of hydrogen-bond donors (Lipinski definition) is 0. The summed E-state index contributed by atoms with van der Waals surface area (Å²) in [5, 5.41) is 0. The van der Waals surface area contributed by atoms with Crippen LogP contribution in [0.3, 0.4) is 0 Å². The van der Waals surface area contributed by atoms with Crippen molar-refractivity contribution in [2.24, 2.45) is 0 Å². The van der Waals surface area contributed by atoms with E-state index in [0.29, 0.717) is 0 Å². The molecule has 1 atom stereocenters. The van der Waals surface area contributed by atoms with Crippen molar-refractivity contribution in [2.75, 3.05) is 26.5 Å². The maximum Gasteiger partial charge on any atom is 0.412 e. The van der Waals surface area contributed by atoms with Gasteiger partial charge in [0, 0.05) is 0 Å². The normalized spacial score (nSPS) is 15.9. The van der Waals surface area contributed by atoms with Gasteiger partial charge in [-0.1, -0.05) is 0 Å². The number of halogens is 6. The van der Waals surface area contributed by atoms with Crippen LogP contribution in [0.5, 0.6) is 0 Å². The van der Waals surface area contributed by atoms with Crippen LogP contribution >= 0.6 is 7.60 Å². The molecule has 0 aromatic rings. The molecule has 0 radical (unpaired) electrons. The molecular formula is C7H9F6O5P. The van der Waals surface area contributed by atoms with Gasteiger partial charge in [0.25, 0.3) is 0 Å². The molecule has 0 aliphatic heterocycles. The number of alkyl halides is 6. The zero-order valence-electron chi connectivity index (χ0n) is 9.38. The minimum Gasteiger partial charge on any atom is -0.467 e. The van der Waals surface area contributed by atoms with E-state index >= 15 is 0 Å². The largest absolute Gasteiger partial charge is 0.467 e. The van der Waals surface area contributed by atoms with E-state index in [1.807, 2.05) is 0 Å². The first-order valence-corrected chi connectivity index (χ1v) is 6.18. The highest BCUT2D eigenvalue weighted by Crippen LogP contribution is 2.52. The quantitative estimate of drug-likeness (QED) is 0.428. The van der Waals surface area contributed by atoms with Gasteiger partial charge in [-0.2, -0.15) is 26.3 Å². The van der Waals surface area contributed by atoms with Crippen LogP contribution in [0.4, 0.5) is 26.3 Å². The third-order valence-electron chi connectivity index (χ3n) is 1.40. The van der Waals surface area contributed by atoms with Crippen LogP contribution in [-0.2, 0) is 23.1 Å². The van der Waals surface area contributed by atoms with Crippen molar-refractivity contribution in [1.29, 1.82) is 0 Å². The van der Waals surface area contributed by atoms with Gasteiger partial charge < -0.3 is 4.74 Å². The van der Waals surface area contributed by atoms with Crippen LogP contribution in [-0.4, -0.2) is 44.8 Å². The summed E-state index contributed by atoms with van der Waals surface area (Å²) in [7, 11) is -4.29. The lowest BCUT2D eigenvalue weighted by atomic mass is 10.7. The van der Waals surface area contributed by atoms with Crippen molar-refractivity contribution in [3.63, 3.8) is 0 Å². The molecule has 0 N–H and O–H groups in total. The molecule has 0 amide bonds. The van der Waals surface area contributed by atoms with Gasteiger partial charge in [0.05, 0.1) is 7.11 Å². The van der Waals surface area contributed by atoms with Gasteiger partial charge in [-0.15, -0.1) is 0 Å². The summed E-state index contributed by atoms with van der Waals surface area (Å²) in [6, 6.07) is 0. The third-order valence-corrected chi connectivity index (χ3v) is 3.20. The standard InChI is InChI=1S/C7H9F6O5P/c1-16-5(14)2-17-19(15,4-7(11,12)13)18-3-6(8,9)10/h2-4H2,1H3. The molecule has 0 aromatic carbocycles. The summed E-state index contributed by atoms with van der Waals surface area (Å²) >= 11 is 0. The molecule has 0 bridgehead atoms. The second kappa shape index (κ2) is 6.58. The third kappa shape index (κ3) is 9.74. The van der Waals surface area contributed by atoms with E-state index in [2.05, 4.69) is 13.8 Å². The van der Waals surface area contributed by atoms with Crippen molar-refractivity contribution in [1.82, 2.24) is 0 Å². The monoisotopic (exact) mass is 318 g/mol. The molecule has 0 heterocycles.